The largest absolute Gasteiger partial charge is 0.449 e. The van der Waals surface area contributed by atoms with Crippen molar-refractivity contribution in [1.82, 2.24) is 0 Å². The Hall–Kier alpha value is -1.13. The summed E-state index contributed by atoms with van der Waals surface area (Å²) in [6.07, 6.45) is -4.39. The number of nitrogens with one attached hydrogen (secondary N) is 1. The van der Waals surface area contributed by atoms with Crippen LogP contribution in [0.1, 0.15) is 5.76 Å². The number of anilines is 1. The maximum Gasteiger partial charge on any atom is 0.449 e. The van der Waals surface area contributed by atoms with Crippen LogP contribution >= 0.6 is 0 Å². The quantitative estimate of drug-likeness (QED) is 0.690. The predicted molar refractivity (Wildman–Crippen MR) is 33.3 cm³/mol. The van der Waals surface area contributed by atoms with Crippen molar-refractivity contribution in [1.29, 1.82) is 0 Å². The average molecular weight is 165 g/mol. The third-order valence-corrected chi connectivity index (χ3v) is 1.13. The molecule has 0 atom stereocenters. The third kappa shape index (κ3) is 1.66. The van der Waals surface area contributed by atoms with E-state index in [0.717, 1.165) is 6.07 Å². The Bertz CT molecular complexity index is 240. The standard InChI is InChI=1S/C6H6F3NO/c1-10-5-3-2-4(11-5)6(7,8)9/h2-3,10H,1H3. The number of furan rings is 1. The number of hydrogen-bond acceptors (Lipinski definition) is 2. The van der Waals surface area contributed by atoms with Crippen LogP contribution in [0.15, 0.2) is 16.5 Å². The first-order valence-corrected chi connectivity index (χ1v) is 2.89. The van der Waals surface area contributed by atoms with Crippen LogP contribution in [0, 0.1) is 0 Å². The van der Waals surface area contributed by atoms with E-state index in [1.165, 1.54) is 13.1 Å². The summed E-state index contributed by atoms with van der Waals surface area (Å²) in [4.78, 5) is 0. The van der Waals surface area contributed by atoms with Gasteiger partial charge in [0.1, 0.15) is 0 Å². The molecule has 0 amide bonds. The van der Waals surface area contributed by atoms with Crippen LogP contribution in [0.4, 0.5) is 19.1 Å². The Labute approximate surface area is 61.0 Å². The van der Waals surface area contributed by atoms with Crippen LogP contribution in [0.5, 0.6) is 0 Å². The fraction of sp³-hybridized carbons (Fsp3) is 0.333. The molecule has 1 N–H and O–H groups in total. The number of hydrogen-bond donors (Lipinski definition) is 1. The van der Waals surface area contributed by atoms with Gasteiger partial charge in [0, 0.05) is 13.1 Å². The highest BCUT2D eigenvalue weighted by Gasteiger charge is 2.34. The summed E-state index contributed by atoms with van der Waals surface area (Å²) in [6.45, 7) is 0. The zero-order chi connectivity index (χ0) is 8.48. The first kappa shape index (κ1) is 7.97. The monoisotopic (exact) mass is 165 g/mol. The lowest BCUT2D eigenvalue weighted by molar-refractivity contribution is -0.152. The fourth-order valence-corrected chi connectivity index (χ4v) is 0.625. The van der Waals surface area contributed by atoms with E-state index in [2.05, 4.69) is 9.73 Å². The normalized spacial score (nSPS) is 11.6. The lowest BCUT2D eigenvalue weighted by atomic mass is 10.4. The van der Waals surface area contributed by atoms with Gasteiger partial charge in [-0.25, -0.2) is 0 Å². The van der Waals surface area contributed by atoms with Crippen molar-refractivity contribution in [3.8, 4) is 0 Å². The molecule has 1 heterocycles. The highest BCUT2D eigenvalue weighted by Crippen LogP contribution is 2.31. The molecule has 62 valence electrons. The van der Waals surface area contributed by atoms with Crippen molar-refractivity contribution in [3.05, 3.63) is 17.9 Å². The molecule has 0 unspecified atom stereocenters. The molecule has 0 spiro atoms. The van der Waals surface area contributed by atoms with E-state index in [4.69, 9.17) is 0 Å². The van der Waals surface area contributed by atoms with E-state index < -0.39 is 11.9 Å². The maximum absolute atomic E-state index is 11.8. The second-order valence-electron chi connectivity index (χ2n) is 1.91. The summed E-state index contributed by atoms with van der Waals surface area (Å²) >= 11 is 0. The molecule has 5 heteroatoms. The zero-order valence-electron chi connectivity index (χ0n) is 5.70. The summed E-state index contributed by atoms with van der Waals surface area (Å²) < 4.78 is 39.8. The van der Waals surface area contributed by atoms with Crippen LogP contribution < -0.4 is 5.32 Å². The highest BCUT2D eigenvalue weighted by atomic mass is 19.4. The highest BCUT2D eigenvalue weighted by molar-refractivity contribution is 5.31. The first-order valence-electron chi connectivity index (χ1n) is 2.89. The van der Waals surface area contributed by atoms with Crippen LogP contribution in [0.3, 0.4) is 0 Å². The Morgan fingerprint density at radius 3 is 2.27 bits per heavy atom. The van der Waals surface area contributed by atoms with Gasteiger partial charge in [0.15, 0.2) is 5.88 Å². The summed E-state index contributed by atoms with van der Waals surface area (Å²) in [5, 5.41) is 2.45. The molecule has 0 saturated carbocycles. The van der Waals surface area contributed by atoms with Crippen LogP contribution in [-0.4, -0.2) is 7.05 Å². The molecule has 2 nitrogen and oxygen atoms in total. The second-order valence-corrected chi connectivity index (χ2v) is 1.91. The molecular weight excluding hydrogens is 159 g/mol. The zero-order valence-corrected chi connectivity index (χ0v) is 5.70. The van der Waals surface area contributed by atoms with E-state index in [1.807, 2.05) is 0 Å². The minimum atomic E-state index is -4.39. The van der Waals surface area contributed by atoms with Gasteiger partial charge in [0.25, 0.3) is 0 Å². The summed E-state index contributed by atoms with van der Waals surface area (Å²) in [5.41, 5.74) is 0. The molecule has 0 radical (unpaired) electrons. The van der Waals surface area contributed by atoms with Crippen LogP contribution in [0.2, 0.25) is 0 Å². The number of rotatable bonds is 1. The van der Waals surface area contributed by atoms with Gasteiger partial charge in [-0.05, 0) is 6.07 Å². The SMILES string of the molecule is CNc1ccc(C(F)(F)F)o1. The van der Waals surface area contributed by atoms with E-state index >= 15 is 0 Å². The van der Waals surface area contributed by atoms with Crippen molar-refractivity contribution < 1.29 is 17.6 Å². The van der Waals surface area contributed by atoms with Crippen molar-refractivity contribution in [2.24, 2.45) is 0 Å². The predicted octanol–water partition coefficient (Wildman–Crippen LogP) is 2.34. The van der Waals surface area contributed by atoms with Crippen LogP contribution in [0.25, 0.3) is 0 Å². The second kappa shape index (κ2) is 2.48. The first-order chi connectivity index (χ1) is 5.04. The maximum atomic E-state index is 11.8. The molecule has 0 fully saturated rings. The molecule has 0 saturated heterocycles. The molecule has 0 aliphatic heterocycles. The molecule has 0 bridgehead atoms. The molecule has 1 rings (SSSR count). The summed E-state index contributed by atoms with van der Waals surface area (Å²) in [7, 11) is 1.49. The number of alkyl halides is 3. The molecule has 0 aliphatic carbocycles. The third-order valence-electron chi connectivity index (χ3n) is 1.13. The van der Waals surface area contributed by atoms with Gasteiger partial charge < -0.3 is 9.73 Å². The minimum Gasteiger partial charge on any atom is -0.436 e. The molecular formula is C6H6F3NO. The lowest BCUT2D eigenvalue weighted by Gasteiger charge is -2.00. The topological polar surface area (TPSA) is 25.2 Å². The Balaban J connectivity index is 2.89. The van der Waals surface area contributed by atoms with E-state index in [1.54, 1.807) is 0 Å². The van der Waals surface area contributed by atoms with Gasteiger partial charge in [-0.15, -0.1) is 0 Å². The fourth-order valence-electron chi connectivity index (χ4n) is 0.625. The molecule has 1 aromatic rings. The van der Waals surface area contributed by atoms with Gasteiger partial charge in [-0.1, -0.05) is 0 Å². The average Bonchev–Trinajstić information content (AvgIpc) is 2.32. The van der Waals surface area contributed by atoms with Gasteiger partial charge >= 0.3 is 6.18 Å². The van der Waals surface area contributed by atoms with Crippen molar-refractivity contribution in [2.75, 3.05) is 12.4 Å². The van der Waals surface area contributed by atoms with Gasteiger partial charge in [-0.2, -0.15) is 13.2 Å². The van der Waals surface area contributed by atoms with Crippen LogP contribution in [-0.2, 0) is 6.18 Å². The molecule has 0 aliphatic rings. The molecule has 1 aromatic heterocycles. The van der Waals surface area contributed by atoms with Gasteiger partial charge in [0.2, 0.25) is 5.76 Å². The Kier molecular flexibility index (Phi) is 1.80. The summed E-state index contributed by atoms with van der Waals surface area (Å²) in [5.74, 6) is -0.876. The van der Waals surface area contributed by atoms with E-state index in [0.29, 0.717) is 0 Å². The van der Waals surface area contributed by atoms with Gasteiger partial charge in [0.05, 0.1) is 0 Å². The Morgan fingerprint density at radius 2 is 2.00 bits per heavy atom. The van der Waals surface area contributed by atoms with Crippen molar-refractivity contribution in [2.45, 2.75) is 6.18 Å². The van der Waals surface area contributed by atoms with Crippen molar-refractivity contribution >= 4 is 5.88 Å². The minimum absolute atomic E-state index is 0.109. The van der Waals surface area contributed by atoms with Crippen molar-refractivity contribution in [3.63, 3.8) is 0 Å². The summed E-state index contributed by atoms with van der Waals surface area (Å²) in [6, 6.07) is 2.11. The number of halogens is 3. The van der Waals surface area contributed by atoms with Gasteiger partial charge in [-0.3, -0.25) is 0 Å². The lowest BCUT2D eigenvalue weighted by Crippen LogP contribution is -2.02. The van der Waals surface area contributed by atoms with E-state index in [9.17, 15) is 13.2 Å². The van der Waals surface area contributed by atoms with E-state index in [-0.39, 0.29) is 5.88 Å². The molecule has 0 aromatic carbocycles. The smallest absolute Gasteiger partial charge is 0.436 e. The Morgan fingerprint density at radius 1 is 1.36 bits per heavy atom. The molecule has 11 heavy (non-hydrogen) atoms.